The third-order valence-electron chi connectivity index (χ3n) is 8.82. The van der Waals surface area contributed by atoms with E-state index in [1.54, 1.807) is 6.07 Å². The Labute approximate surface area is 249 Å². The number of aliphatic hydroxyl groups excluding tert-OH is 2. The molecule has 1 aliphatic carbocycles. The Morgan fingerprint density at radius 2 is 1.79 bits per heavy atom. The minimum absolute atomic E-state index is 0.0329. The molecule has 0 bridgehead atoms. The van der Waals surface area contributed by atoms with Gasteiger partial charge in [-0.2, -0.15) is 0 Å². The summed E-state index contributed by atoms with van der Waals surface area (Å²) in [6.45, 7) is 5.50. The van der Waals surface area contributed by atoms with E-state index in [-0.39, 0.29) is 29.5 Å². The first-order chi connectivity index (χ1) is 20.5. The summed E-state index contributed by atoms with van der Waals surface area (Å²) in [5.41, 5.74) is 3.34. The highest BCUT2D eigenvalue weighted by atomic mass is 16.6. The number of phenolic OH excluding ortho intramolecular Hbond substituents is 1. The summed E-state index contributed by atoms with van der Waals surface area (Å²) in [5.74, 6) is -3.13. The fraction of sp³-hybridized carbons (Fsp3) is 0.353. The van der Waals surface area contributed by atoms with Gasteiger partial charge in [-0.05, 0) is 60.8 Å². The van der Waals surface area contributed by atoms with Gasteiger partial charge in [-0.15, -0.1) is 0 Å². The number of rotatable bonds is 9. The number of hydrogen-bond donors (Lipinski definition) is 3. The zero-order chi connectivity index (χ0) is 31.0. The van der Waals surface area contributed by atoms with Crippen LogP contribution in [0, 0.1) is 33.8 Å². The Bertz CT molecular complexity index is 1660. The third kappa shape index (κ3) is 5.58. The van der Waals surface area contributed by atoms with Crippen LogP contribution in [0.5, 0.6) is 5.75 Å². The molecule has 0 spiro atoms. The molecule has 1 aliphatic heterocycles. The van der Waals surface area contributed by atoms with Crippen LogP contribution in [0.2, 0.25) is 0 Å². The first-order valence-corrected chi connectivity index (χ1v) is 14.5. The zero-order valence-corrected chi connectivity index (χ0v) is 24.4. The van der Waals surface area contributed by atoms with Gasteiger partial charge in [0, 0.05) is 23.4 Å². The first kappa shape index (κ1) is 30.1. The molecule has 0 saturated carbocycles. The summed E-state index contributed by atoms with van der Waals surface area (Å²) in [6.07, 6.45) is 2.27. The summed E-state index contributed by atoms with van der Waals surface area (Å²) < 4.78 is 0. The Morgan fingerprint density at radius 1 is 1.07 bits per heavy atom. The van der Waals surface area contributed by atoms with Gasteiger partial charge < -0.3 is 15.3 Å². The van der Waals surface area contributed by atoms with Crippen molar-refractivity contribution in [3.8, 4) is 5.75 Å². The van der Waals surface area contributed by atoms with Crippen LogP contribution in [0.25, 0.3) is 16.8 Å². The maximum Gasteiger partial charge on any atom is 0.271 e. The van der Waals surface area contributed by atoms with Crippen LogP contribution in [0.15, 0.2) is 77.4 Å². The third-order valence-corrected chi connectivity index (χ3v) is 8.82. The van der Waals surface area contributed by atoms with E-state index < -0.39 is 47.2 Å². The number of nitro groups is 1. The lowest BCUT2D eigenvalue weighted by Gasteiger charge is -2.38. The number of carbonyl (C=O) groups excluding carboxylic acids is 2. The summed E-state index contributed by atoms with van der Waals surface area (Å²) in [5, 5.41) is 45.4. The zero-order valence-electron chi connectivity index (χ0n) is 24.4. The lowest BCUT2D eigenvalue weighted by molar-refractivity contribution is -0.384. The highest BCUT2D eigenvalue weighted by molar-refractivity contribution is 6.22. The van der Waals surface area contributed by atoms with Gasteiger partial charge in [-0.3, -0.25) is 19.7 Å². The Kier molecular flexibility index (Phi) is 8.48. The van der Waals surface area contributed by atoms with E-state index in [9.17, 15) is 35.0 Å². The highest BCUT2D eigenvalue weighted by Crippen LogP contribution is 2.49. The molecule has 0 unspecified atom stereocenters. The maximum absolute atomic E-state index is 13.7. The van der Waals surface area contributed by atoms with Crippen molar-refractivity contribution >= 4 is 40.0 Å². The van der Waals surface area contributed by atoms with E-state index in [0.29, 0.717) is 18.4 Å². The summed E-state index contributed by atoms with van der Waals surface area (Å²) in [7, 11) is 0. The van der Waals surface area contributed by atoms with Gasteiger partial charge in [0.2, 0.25) is 11.8 Å². The molecule has 2 amide bonds. The molecule has 224 valence electrons. The smallest absolute Gasteiger partial charge is 0.271 e. The number of imide groups is 1. The lowest BCUT2D eigenvalue weighted by Crippen LogP contribution is -2.39. The van der Waals surface area contributed by atoms with Crippen molar-refractivity contribution < 1.29 is 29.8 Å². The normalized spacial score (nSPS) is 21.6. The molecule has 43 heavy (non-hydrogen) atoms. The fourth-order valence-corrected chi connectivity index (χ4v) is 6.73. The maximum atomic E-state index is 13.7. The minimum Gasteiger partial charge on any atom is -0.507 e. The molecule has 5 rings (SSSR count). The highest BCUT2D eigenvalue weighted by Gasteiger charge is 2.55. The number of fused-ring (bicyclic) bond motifs is 2. The second kappa shape index (κ2) is 12.1. The number of aliphatic hydroxyl groups is 2. The van der Waals surface area contributed by atoms with Crippen LogP contribution in [-0.2, 0) is 9.59 Å². The molecular formula is C34H36N2O7. The van der Waals surface area contributed by atoms with Crippen molar-refractivity contribution in [2.24, 2.45) is 23.7 Å². The SMILES string of the molecule is C/C(=C\c1ccc(O)c2ccccc12)CC[C@@H](O)C1=C(C(C)C)C[C@H]2C(=O)N(c3cccc([N+](=O)[O-])c3)C(=O)[C@H]2[C@H]1CO. The summed E-state index contributed by atoms with van der Waals surface area (Å²) >= 11 is 0. The summed E-state index contributed by atoms with van der Waals surface area (Å²) in [4.78, 5) is 39.1. The molecule has 2 aliphatic rings. The molecule has 3 aromatic rings. The number of benzene rings is 3. The number of allylic oxidation sites excluding steroid dienone is 2. The second-order valence-corrected chi connectivity index (χ2v) is 11.8. The van der Waals surface area contributed by atoms with Crippen LogP contribution in [0.1, 0.15) is 45.6 Å². The van der Waals surface area contributed by atoms with E-state index in [1.165, 1.54) is 24.3 Å². The monoisotopic (exact) mass is 584 g/mol. The predicted molar refractivity (Wildman–Crippen MR) is 164 cm³/mol. The van der Waals surface area contributed by atoms with E-state index in [1.807, 2.05) is 57.2 Å². The van der Waals surface area contributed by atoms with Crippen molar-refractivity contribution in [3.05, 3.63) is 93.1 Å². The average Bonchev–Trinajstić information content (AvgIpc) is 3.25. The first-order valence-electron chi connectivity index (χ1n) is 14.5. The van der Waals surface area contributed by atoms with Gasteiger partial charge in [0.25, 0.3) is 5.69 Å². The predicted octanol–water partition coefficient (Wildman–Crippen LogP) is 5.77. The molecule has 3 N–H and O–H groups in total. The lowest BCUT2D eigenvalue weighted by atomic mass is 9.66. The second-order valence-electron chi connectivity index (χ2n) is 11.8. The number of aromatic hydroxyl groups is 1. The van der Waals surface area contributed by atoms with Gasteiger partial charge in [-0.1, -0.05) is 67.5 Å². The van der Waals surface area contributed by atoms with Crippen molar-refractivity contribution in [1.82, 2.24) is 0 Å². The molecule has 1 saturated heterocycles. The fourth-order valence-electron chi connectivity index (χ4n) is 6.73. The van der Waals surface area contributed by atoms with Crippen LogP contribution in [-0.4, -0.2) is 44.8 Å². The largest absolute Gasteiger partial charge is 0.507 e. The van der Waals surface area contributed by atoms with Crippen LogP contribution >= 0.6 is 0 Å². The molecule has 1 fully saturated rings. The number of carbonyl (C=O) groups is 2. The molecule has 4 atom stereocenters. The number of amides is 2. The van der Waals surface area contributed by atoms with Gasteiger partial charge in [-0.25, -0.2) is 4.90 Å². The van der Waals surface area contributed by atoms with Crippen molar-refractivity contribution in [1.29, 1.82) is 0 Å². The topological polar surface area (TPSA) is 141 Å². The Morgan fingerprint density at radius 3 is 2.47 bits per heavy atom. The van der Waals surface area contributed by atoms with Crippen molar-refractivity contribution in [3.63, 3.8) is 0 Å². The molecule has 3 aromatic carbocycles. The number of hydrogen-bond acceptors (Lipinski definition) is 7. The molecule has 9 heteroatoms. The summed E-state index contributed by atoms with van der Waals surface area (Å²) in [6, 6.07) is 16.6. The average molecular weight is 585 g/mol. The van der Waals surface area contributed by atoms with Crippen molar-refractivity contribution in [2.75, 3.05) is 11.5 Å². The van der Waals surface area contributed by atoms with E-state index >= 15 is 0 Å². The molecule has 0 radical (unpaired) electrons. The van der Waals surface area contributed by atoms with Gasteiger partial charge in [0.1, 0.15) is 5.75 Å². The van der Waals surface area contributed by atoms with Crippen LogP contribution in [0.3, 0.4) is 0 Å². The Balaban J connectivity index is 1.41. The quantitative estimate of drug-likeness (QED) is 0.126. The Hall–Kier alpha value is -4.34. The molecule has 0 aromatic heterocycles. The van der Waals surface area contributed by atoms with Crippen LogP contribution < -0.4 is 4.90 Å². The standard InChI is InChI=1S/C34H36N2O7/c1-19(2)26-17-27-32(34(41)35(33(27)40)22-7-6-8-23(16-22)36(42)43)28(18-37)31(26)30(39)13-11-20(3)15-21-12-14-29(38)25-10-5-4-9-24(21)25/h4-10,12,14-16,19,27-28,30,32,37-39H,11,13,17-18H2,1-3H3/b20-15+/t27-,28+,30-,32-/m1/s1. The van der Waals surface area contributed by atoms with E-state index in [4.69, 9.17) is 0 Å². The number of non-ortho nitro benzene ring substituents is 1. The minimum atomic E-state index is -0.940. The van der Waals surface area contributed by atoms with Gasteiger partial charge in [0.05, 0.1) is 35.2 Å². The van der Waals surface area contributed by atoms with Crippen LogP contribution in [0.4, 0.5) is 11.4 Å². The molecule has 9 nitrogen and oxygen atoms in total. The molecule has 1 heterocycles. The number of phenols is 1. The number of nitrogens with zero attached hydrogens (tertiary/aromatic N) is 2. The van der Waals surface area contributed by atoms with Gasteiger partial charge >= 0.3 is 0 Å². The van der Waals surface area contributed by atoms with Gasteiger partial charge in [0.15, 0.2) is 0 Å². The van der Waals surface area contributed by atoms with E-state index in [0.717, 1.165) is 32.4 Å². The van der Waals surface area contributed by atoms with Crippen molar-refractivity contribution in [2.45, 2.75) is 46.1 Å². The number of anilines is 1. The number of nitro benzene ring substituents is 1. The molecular weight excluding hydrogens is 548 g/mol. The van der Waals surface area contributed by atoms with E-state index in [2.05, 4.69) is 0 Å².